The third kappa shape index (κ3) is 3.70. The van der Waals surface area contributed by atoms with Crippen molar-refractivity contribution in [2.45, 2.75) is 24.0 Å². The summed E-state index contributed by atoms with van der Waals surface area (Å²) < 4.78 is 7.22. The number of thioether (sulfide) groups is 1. The van der Waals surface area contributed by atoms with Gasteiger partial charge in [0, 0.05) is 6.20 Å². The molecular weight excluding hydrogens is 346 g/mol. The second kappa shape index (κ2) is 7.41. The second-order valence-electron chi connectivity index (χ2n) is 6.48. The van der Waals surface area contributed by atoms with E-state index < -0.39 is 0 Å². The Balaban J connectivity index is 1.40. The number of imidazole rings is 1. The van der Waals surface area contributed by atoms with Gasteiger partial charge in [-0.25, -0.2) is 4.98 Å². The van der Waals surface area contributed by atoms with Gasteiger partial charge in [-0.2, -0.15) is 0 Å². The molecule has 0 saturated heterocycles. The molecule has 1 fully saturated rings. The van der Waals surface area contributed by atoms with E-state index in [-0.39, 0.29) is 11.9 Å². The number of pyridine rings is 1. The minimum absolute atomic E-state index is 0.0374. The van der Waals surface area contributed by atoms with Crippen LogP contribution in [0.4, 0.5) is 0 Å². The number of benzene rings is 1. The van der Waals surface area contributed by atoms with E-state index in [1.165, 1.54) is 11.8 Å². The molecule has 26 heavy (non-hydrogen) atoms. The molecule has 0 bridgehead atoms. The number of aromatic nitrogens is 2. The summed E-state index contributed by atoms with van der Waals surface area (Å²) >= 11 is 1.46. The fourth-order valence-corrected chi connectivity index (χ4v) is 3.86. The lowest BCUT2D eigenvalue weighted by Gasteiger charge is -2.19. The van der Waals surface area contributed by atoms with Crippen LogP contribution in [0.15, 0.2) is 60.0 Å². The Hall–Kier alpha value is -2.47. The van der Waals surface area contributed by atoms with Crippen LogP contribution in [-0.4, -0.2) is 28.2 Å². The van der Waals surface area contributed by atoms with Gasteiger partial charge in [0.1, 0.15) is 5.75 Å². The molecule has 0 spiro atoms. The molecule has 1 atom stereocenters. The summed E-state index contributed by atoms with van der Waals surface area (Å²) in [7, 11) is 1.66. The Morgan fingerprint density at radius 2 is 2.12 bits per heavy atom. The van der Waals surface area contributed by atoms with Gasteiger partial charge in [0.15, 0.2) is 5.16 Å². The minimum Gasteiger partial charge on any atom is -0.497 e. The molecule has 1 unspecified atom stereocenters. The second-order valence-corrected chi connectivity index (χ2v) is 7.42. The lowest BCUT2D eigenvalue weighted by molar-refractivity contribution is -0.119. The largest absolute Gasteiger partial charge is 0.497 e. The minimum atomic E-state index is 0.0374. The number of nitrogens with one attached hydrogen (secondary N) is 1. The fraction of sp³-hybridized carbons (Fsp3) is 0.300. The molecule has 0 radical (unpaired) electrons. The molecule has 1 amide bonds. The number of carbonyl (C=O) groups excluding carboxylic acids is 1. The van der Waals surface area contributed by atoms with Crippen molar-refractivity contribution in [3.05, 3.63) is 60.4 Å². The van der Waals surface area contributed by atoms with Crippen molar-refractivity contribution in [1.29, 1.82) is 0 Å². The zero-order chi connectivity index (χ0) is 17.9. The molecular formula is C20H21N3O2S. The number of fused-ring (bicyclic) bond motifs is 1. The van der Waals surface area contributed by atoms with Crippen molar-refractivity contribution in [3.63, 3.8) is 0 Å². The summed E-state index contributed by atoms with van der Waals surface area (Å²) in [4.78, 5) is 16.9. The van der Waals surface area contributed by atoms with E-state index in [9.17, 15) is 4.79 Å². The van der Waals surface area contributed by atoms with Crippen molar-refractivity contribution >= 4 is 23.2 Å². The van der Waals surface area contributed by atoms with E-state index >= 15 is 0 Å². The predicted molar refractivity (Wildman–Crippen MR) is 103 cm³/mol. The maximum Gasteiger partial charge on any atom is 0.230 e. The van der Waals surface area contributed by atoms with Crippen LogP contribution in [0.3, 0.4) is 0 Å². The highest BCUT2D eigenvalue weighted by atomic mass is 32.2. The summed E-state index contributed by atoms with van der Waals surface area (Å²) in [6, 6.07) is 14.0. The molecule has 6 heteroatoms. The molecule has 3 aromatic rings. The molecule has 2 aromatic heterocycles. The zero-order valence-corrected chi connectivity index (χ0v) is 15.4. The predicted octanol–water partition coefficient (Wildman–Crippen LogP) is 3.70. The molecule has 4 rings (SSSR count). The van der Waals surface area contributed by atoms with Gasteiger partial charge in [-0.05, 0) is 48.6 Å². The molecule has 0 aliphatic heterocycles. The summed E-state index contributed by atoms with van der Waals surface area (Å²) in [6.07, 6.45) is 6.11. The first-order valence-electron chi connectivity index (χ1n) is 8.73. The number of methoxy groups -OCH3 is 1. The van der Waals surface area contributed by atoms with E-state index in [1.54, 1.807) is 7.11 Å². The van der Waals surface area contributed by atoms with Crippen LogP contribution in [0.25, 0.3) is 5.52 Å². The zero-order valence-electron chi connectivity index (χ0n) is 14.6. The van der Waals surface area contributed by atoms with E-state index in [1.807, 2.05) is 59.3 Å². The molecule has 1 aromatic carbocycles. The van der Waals surface area contributed by atoms with Crippen LogP contribution in [0.5, 0.6) is 5.75 Å². The van der Waals surface area contributed by atoms with Crippen molar-refractivity contribution in [3.8, 4) is 5.75 Å². The standard InChI is InChI=1S/C20H21N3O2S/c1-25-17-9-7-15(8-10-17)19(14-5-6-14)22-18(24)13-26-20-21-12-16-4-2-3-11-23(16)20/h2-4,7-12,14,19H,5-6,13H2,1H3,(H,22,24). The number of hydrogen-bond donors (Lipinski definition) is 1. The topological polar surface area (TPSA) is 55.6 Å². The van der Waals surface area contributed by atoms with Crippen LogP contribution < -0.4 is 10.1 Å². The molecule has 1 N–H and O–H groups in total. The number of ether oxygens (including phenoxy) is 1. The number of nitrogens with zero attached hydrogens (tertiary/aromatic N) is 2. The lowest BCUT2D eigenvalue weighted by Crippen LogP contribution is -2.31. The van der Waals surface area contributed by atoms with Crippen LogP contribution >= 0.6 is 11.8 Å². The van der Waals surface area contributed by atoms with Crippen LogP contribution in [0, 0.1) is 5.92 Å². The third-order valence-corrected chi connectivity index (χ3v) is 5.59. The highest BCUT2D eigenvalue weighted by Crippen LogP contribution is 2.41. The Morgan fingerprint density at radius 3 is 2.85 bits per heavy atom. The van der Waals surface area contributed by atoms with E-state index in [0.29, 0.717) is 11.7 Å². The number of rotatable bonds is 7. The summed E-state index contributed by atoms with van der Waals surface area (Å²) in [5, 5.41) is 4.04. The number of hydrogen-bond acceptors (Lipinski definition) is 4. The van der Waals surface area contributed by atoms with Crippen LogP contribution in [0.1, 0.15) is 24.4 Å². The maximum absolute atomic E-state index is 12.5. The van der Waals surface area contributed by atoms with Gasteiger partial charge < -0.3 is 10.1 Å². The van der Waals surface area contributed by atoms with Gasteiger partial charge in [0.2, 0.25) is 5.91 Å². The Labute approximate surface area is 156 Å². The normalized spacial score (nSPS) is 15.0. The van der Waals surface area contributed by atoms with E-state index in [0.717, 1.165) is 34.8 Å². The lowest BCUT2D eigenvalue weighted by atomic mass is 10.0. The molecule has 2 heterocycles. The van der Waals surface area contributed by atoms with E-state index in [2.05, 4.69) is 10.3 Å². The Bertz CT molecular complexity index is 903. The van der Waals surface area contributed by atoms with E-state index in [4.69, 9.17) is 4.74 Å². The van der Waals surface area contributed by atoms with Crippen molar-refractivity contribution in [1.82, 2.24) is 14.7 Å². The Morgan fingerprint density at radius 1 is 1.31 bits per heavy atom. The highest BCUT2D eigenvalue weighted by Gasteiger charge is 2.33. The van der Waals surface area contributed by atoms with Gasteiger partial charge in [0.25, 0.3) is 0 Å². The summed E-state index contributed by atoms with van der Waals surface area (Å²) in [5.74, 6) is 1.75. The first kappa shape index (κ1) is 17.0. The number of carbonyl (C=O) groups is 1. The van der Waals surface area contributed by atoms with Crippen LogP contribution in [-0.2, 0) is 4.79 Å². The molecule has 134 valence electrons. The molecule has 1 aliphatic carbocycles. The molecule has 1 saturated carbocycles. The quantitative estimate of drug-likeness (QED) is 0.647. The summed E-state index contributed by atoms with van der Waals surface area (Å²) in [6.45, 7) is 0. The Kier molecular flexibility index (Phi) is 4.84. The highest BCUT2D eigenvalue weighted by molar-refractivity contribution is 7.99. The average molecular weight is 367 g/mol. The van der Waals surface area contributed by atoms with Gasteiger partial charge in [-0.1, -0.05) is 30.0 Å². The average Bonchev–Trinajstić information content (AvgIpc) is 3.44. The van der Waals surface area contributed by atoms with Crippen molar-refractivity contribution in [2.75, 3.05) is 12.9 Å². The van der Waals surface area contributed by atoms with Crippen molar-refractivity contribution in [2.24, 2.45) is 5.92 Å². The van der Waals surface area contributed by atoms with Gasteiger partial charge in [-0.3, -0.25) is 9.20 Å². The van der Waals surface area contributed by atoms with Gasteiger partial charge >= 0.3 is 0 Å². The van der Waals surface area contributed by atoms with Gasteiger partial charge in [-0.15, -0.1) is 0 Å². The first-order valence-corrected chi connectivity index (χ1v) is 9.71. The van der Waals surface area contributed by atoms with Crippen molar-refractivity contribution < 1.29 is 9.53 Å². The molecule has 1 aliphatic rings. The first-order chi connectivity index (χ1) is 12.7. The molecule has 5 nitrogen and oxygen atoms in total. The smallest absolute Gasteiger partial charge is 0.230 e. The fourth-order valence-electron chi connectivity index (χ4n) is 3.09. The number of amides is 1. The maximum atomic E-state index is 12.5. The van der Waals surface area contributed by atoms with Crippen LogP contribution in [0.2, 0.25) is 0 Å². The monoisotopic (exact) mass is 367 g/mol. The SMILES string of the molecule is COc1ccc(C(NC(=O)CSc2ncc3ccccn23)C2CC2)cc1. The van der Waals surface area contributed by atoms with Gasteiger partial charge in [0.05, 0.1) is 30.6 Å². The third-order valence-electron chi connectivity index (χ3n) is 4.62. The summed E-state index contributed by atoms with van der Waals surface area (Å²) in [5.41, 5.74) is 2.17.